The molecule has 0 radical (unpaired) electrons. The summed E-state index contributed by atoms with van der Waals surface area (Å²) in [6, 6.07) is 9.63. The van der Waals surface area contributed by atoms with E-state index in [1.807, 2.05) is 0 Å². The first-order chi connectivity index (χ1) is 11.8. The van der Waals surface area contributed by atoms with Gasteiger partial charge >= 0.3 is 6.18 Å². The van der Waals surface area contributed by atoms with Crippen LogP contribution in [-0.4, -0.2) is 19.0 Å². The summed E-state index contributed by atoms with van der Waals surface area (Å²) in [4.78, 5) is 0.374. The molecule has 1 heterocycles. The second-order valence-electron chi connectivity index (χ2n) is 4.93. The van der Waals surface area contributed by atoms with Gasteiger partial charge in [-0.05, 0) is 54.7 Å². The number of aromatic nitrogens is 3. The number of hydrogen-bond donors (Lipinski definition) is 1. The lowest BCUT2D eigenvalue weighted by Gasteiger charge is -2.11. The number of nitrogens with zero attached hydrogens (tertiary/aromatic N) is 2. The number of benzene rings is 2. The molecule has 1 unspecified atom stereocenters. The largest absolute Gasteiger partial charge is 0.417 e. The Bertz CT molecular complexity index is 996. The van der Waals surface area contributed by atoms with E-state index in [9.17, 15) is 17.4 Å². The quantitative estimate of drug-likeness (QED) is 0.641. The Hall–Kier alpha value is -1.97. The molecule has 1 N–H and O–H groups in total. The van der Waals surface area contributed by atoms with E-state index in [1.54, 1.807) is 28.8 Å². The van der Waals surface area contributed by atoms with Gasteiger partial charge in [-0.3, -0.25) is 9.67 Å². The van der Waals surface area contributed by atoms with Crippen LogP contribution in [0.2, 0.25) is 5.02 Å². The molecule has 0 spiro atoms. The summed E-state index contributed by atoms with van der Waals surface area (Å²) < 4.78 is 53.4. The van der Waals surface area contributed by atoms with Crippen molar-refractivity contribution in [1.29, 1.82) is 0 Å². The van der Waals surface area contributed by atoms with Crippen molar-refractivity contribution in [2.75, 3.05) is 0 Å². The predicted octanol–water partition coefficient (Wildman–Crippen LogP) is 4.77. The Morgan fingerprint density at radius 3 is 2.32 bits per heavy atom. The lowest BCUT2D eigenvalue weighted by atomic mass is 10.2. The van der Waals surface area contributed by atoms with Gasteiger partial charge in [-0.25, -0.2) is 4.21 Å². The fraction of sp³-hybridized carbons (Fsp3) is 0.0667. The van der Waals surface area contributed by atoms with Crippen molar-refractivity contribution in [3.05, 3.63) is 64.1 Å². The molecule has 4 nitrogen and oxygen atoms in total. The molecule has 0 bridgehead atoms. The molecular weight excluding hydrogens is 395 g/mol. The van der Waals surface area contributed by atoms with E-state index in [0.717, 1.165) is 12.1 Å². The second kappa shape index (κ2) is 6.74. The van der Waals surface area contributed by atoms with Crippen molar-refractivity contribution in [1.82, 2.24) is 14.8 Å². The van der Waals surface area contributed by atoms with E-state index in [1.165, 1.54) is 12.4 Å². The van der Waals surface area contributed by atoms with Crippen LogP contribution in [0.1, 0.15) is 5.56 Å². The fourth-order valence-corrected chi connectivity index (χ4v) is 3.64. The van der Waals surface area contributed by atoms with Crippen molar-refractivity contribution in [3.8, 4) is 5.69 Å². The minimum absolute atomic E-state index is 0.0180. The van der Waals surface area contributed by atoms with Gasteiger partial charge in [0.15, 0.2) is 4.77 Å². The van der Waals surface area contributed by atoms with Crippen molar-refractivity contribution in [2.24, 2.45) is 0 Å². The van der Waals surface area contributed by atoms with Crippen molar-refractivity contribution in [2.45, 2.75) is 16.0 Å². The Balaban J connectivity index is 1.94. The van der Waals surface area contributed by atoms with Crippen LogP contribution in [0, 0.1) is 4.77 Å². The average Bonchev–Trinajstić information content (AvgIpc) is 3.00. The molecule has 25 heavy (non-hydrogen) atoms. The Morgan fingerprint density at radius 1 is 1.12 bits per heavy atom. The average molecular weight is 404 g/mol. The third kappa shape index (κ3) is 3.68. The van der Waals surface area contributed by atoms with E-state index in [4.69, 9.17) is 23.8 Å². The molecule has 130 valence electrons. The van der Waals surface area contributed by atoms with Crippen LogP contribution in [-0.2, 0) is 17.0 Å². The first-order valence-electron chi connectivity index (χ1n) is 6.78. The number of nitrogens with one attached hydrogen (secondary N) is 1. The third-order valence-electron chi connectivity index (χ3n) is 3.34. The maximum atomic E-state index is 12.9. The minimum atomic E-state index is -4.61. The summed E-state index contributed by atoms with van der Waals surface area (Å²) in [6.45, 7) is 0. The molecule has 10 heteroatoms. The number of aromatic amines is 1. The minimum Gasteiger partial charge on any atom is -0.275 e. The van der Waals surface area contributed by atoms with Gasteiger partial charge in [-0.2, -0.15) is 18.3 Å². The fourth-order valence-electron chi connectivity index (χ4n) is 2.14. The monoisotopic (exact) mass is 403 g/mol. The number of hydrogen-bond acceptors (Lipinski definition) is 3. The first kappa shape index (κ1) is 17.8. The van der Waals surface area contributed by atoms with Gasteiger partial charge in [-0.15, -0.1) is 0 Å². The van der Waals surface area contributed by atoms with E-state index in [2.05, 4.69) is 10.2 Å². The van der Waals surface area contributed by atoms with Gasteiger partial charge in [0, 0.05) is 15.5 Å². The standard InChI is InChI=1S/C15H9ClF3N3OS2/c16-13-6-5-11(7-12(13)15(17,18)19)25(23)10-3-1-9(2-4-10)22-8-20-21-14(22)24/h1-8H,(H,21,24). The van der Waals surface area contributed by atoms with E-state index < -0.39 is 27.6 Å². The Kier molecular flexibility index (Phi) is 4.81. The molecule has 3 rings (SSSR count). The summed E-state index contributed by atoms with van der Waals surface area (Å²) in [5, 5.41) is 5.97. The molecular formula is C15H9ClF3N3OS2. The van der Waals surface area contributed by atoms with Crippen molar-refractivity contribution >= 4 is 34.6 Å². The zero-order valence-electron chi connectivity index (χ0n) is 12.2. The van der Waals surface area contributed by atoms with Crippen LogP contribution in [0.3, 0.4) is 0 Å². The molecule has 0 saturated carbocycles. The summed E-state index contributed by atoms with van der Waals surface area (Å²) in [6.07, 6.45) is -3.12. The highest BCUT2D eigenvalue weighted by molar-refractivity contribution is 7.85. The Morgan fingerprint density at radius 2 is 1.76 bits per heavy atom. The number of rotatable bonds is 3. The van der Waals surface area contributed by atoms with Crippen LogP contribution in [0.4, 0.5) is 13.2 Å². The molecule has 2 aromatic carbocycles. The number of alkyl halides is 3. The van der Waals surface area contributed by atoms with Gasteiger partial charge < -0.3 is 0 Å². The summed E-state index contributed by atoms with van der Waals surface area (Å²) >= 11 is 10.6. The van der Waals surface area contributed by atoms with Crippen LogP contribution >= 0.6 is 23.8 Å². The topological polar surface area (TPSA) is 50.7 Å². The van der Waals surface area contributed by atoms with Crippen LogP contribution < -0.4 is 0 Å². The smallest absolute Gasteiger partial charge is 0.275 e. The number of halogens is 4. The first-order valence-corrected chi connectivity index (χ1v) is 8.72. The molecule has 0 aliphatic carbocycles. The summed E-state index contributed by atoms with van der Waals surface area (Å²) in [7, 11) is -1.78. The normalized spacial score (nSPS) is 13.0. The second-order valence-corrected chi connectivity index (χ2v) is 7.21. The highest BCUT2D eigenvalue weighted by Gasteiger charge is 2.33. The zero-order chi connectivity index (χ0) is 18.2. The van der Waals surface area contributed by atoms with Gasteiger partial charge in [0.1, 0.15) is 6.33 Å². The Labute approximate surface area is 152 Å². The van der Waals surface area contributed by atoms with Crippen molar-refractivity contribution < 1.29 is 17.4 Å². The molecule has 3 aromatic rings. The highest BCUT2D eigenvalue weighted by Crippen LogP contribution is 2.36. The SMILES string of the molecule is O=S(c1ccc(-n2cn[nH]c2=S)cc1)c1ccc(Cl)c(C(F)(F)F)c1. The molecule has 0 aliphatic heterocycles. The molecule has 0 amide bonds. The van der Waals surface area contributed by atoms with Gasteiger partial charge in [-0.1, -0.05) is 11.6 Å². The van der Waals surface area contributed by atoms with Gasteiger partial charge in [0.25, 0.3) is 0 Å². The highest BCUT2D eigenvalue weighted by atomic mass is 35.5. The molecule has 1 aromatic heterocycles. The van der Waals surface area contributed by atoms with E-state index >= 15 is 0 Å². The third-order valence-corrected chi connectivity index (χ3v) is 5.34. The molecule has 0 saturated heterocycles. The van der Waals surface area contributed by atoms with Gasteiger partial charge in [0.2, 0.25) is 0 Å². The maximum Gasteiger partial charge on any atom is 0.417 e. The van der Waals surface area contributed by atoms with Gasteiger partial charge in [0.05, 0.1) is 21.4 Å². The predicted molar refractivity (Wildman–Crippen MR) is 89.9 cm³/mol. The molecule has 0 aliphatic rings. The van der Waals surface area contributed by atoms with Crippen LogP contribution in [0.15, 0.2) is 58.6 Å². The van der Waals surface area contributed by atoms with Crippen LogP contribution in [0.5, 0.6) is 0 Å². The molecule has 1 atom stereocenters. The number of H-pyrrole nitrogens is 1. The van der Waals surface area contributed by atoms with E-state index in [0.29, 0.717) is 15.4 Å². The summed E-state index contributed by atoms with van der Waals surface area (Å²) in [5.74, 6) is 0. The van der Waals surface area contributed by atoms with Crippen LogP contribution in [0.25, 0.3) is 5.69 Å². The lowest BCUT2D eigenvalue weighted by molar-refractivity contribution is -0.137. The lowest BCUT2D eigenvalue weighted by Crippen LogP contribution is -2.07. The zero-order valence-corrected chi connectivity index (χ0v) is 14.6. The maximum absolute atomic E-state index is 12.9. The molecule has 0 fully saturated rings. The van der Waals surface area contributed by atoms with E-state index in [-0.39, 0.29) is 4.90 Å². The van der Waals surface area contributed by atoms with Crippen molar-refractivity contribution in [3.63, 3.8) is 0 Å². The summed E-state index contributed by atoms with van der Waals surface area (Å²) in [5.41, 5.74) is -0.326.